The predicted octanol–water partition coefficient (Wildman–Crippen LogP) is 9.71. The average molecular weight is 605 g/mol. The largest absolute Gasteiger partial charge is 0.463 e. The third-order valence-corrected chi connectivity index (χ3v) is 7.97. The monoisotopic (exact) mass is 604 g/mol. The van der Waals surface area contributed by atoms with E-state index in [9.17, 15) is 10.1 Å². The maximum absolute atomic E-state index is 11.9. The maximum atomic E-state index is 11.9. The van der Waals surface area contributed by atoms with Gasteiger partial charge in [-0.25, -0.2) is 0 Å². The molecule has 44 heavy (non-hydrogen) atoms. The number of hydrogen-bond acceptors (Lipinski definition) is 6. The number of carbonyl (C=O) groups excluding carboxylic acids is 1. The van der Waals surface area contributed by atoms with Crippen molar-refractivity contribution in [2.45, 2.75) is 126 Å². The van der Waals surface area contributed by atoms with Gasteiger partial charge in [0.1, 0.15) is 5.82 Å². The van der Waals surface area contributed by atoms with E-state index in [-0.39, 0.29) is 11.7 Å². The van der Waals surface area contributed by atoms with Crippen molar-refractivity contribution in [1.82, 2.24) is 9.97 Å². The zero-order valence-electron chi connectivity index (χ0n) is 29.0. The molecule has 0 saturated carbocycles. The lowest BCUT2D eigenvalue weighted by molar-refractivity contribution is -0.114. The van der Waals surface area contributed by atoms with Gasteiger partial charge in [-0.3, -0.25) is 4.79 Å². The summed E-state index contributed by atoms with van der Waals surface area (Å²) in [5.74, 6) is 1.62. The van der Waals surface area contributed by atoms with Gasteiger partial charge in [0.2, 0.25) is 0 Å². The van der Waals surface area contributed by atoms with Crippen molar-refractivity contribution in [3.05, 3.63) is 59.4 Å². The second-order valence-electron chi connectivity index (χ2n) is 12.4. The van der Waals surface area contributed by atoms with Gasteiger partial charge in [0.15, 0.2) is 5.78 Å². The van der Waals surface area contributed by atoms with E-state index in [4.69, 9.17) is 14.7 Å². The smallest absolute Gasteiger partial charge is 0.318 e. The van der Waals surface area contributed by atoms with Crippen LogP contribution in [0.5, 0.6) is 6.01 Å². The first-order valence-electron chi connectivity index (χ1n) is 16.9. The fourth-order valence-electron chi connectivity index (χ4n) is 5.46. The van der Waals surface area contributed by atoms with Crippen molar-refractivity contribution in [3.8, 4) is 12.1 Å². The summed E-state index contributed by atoms with van der Waals surface area (Å²) in [5.41, 5.74) is 5.93. The van der Waals surface area contributed by atoms with E-state index < -0.39 is 0 Å². The van der Waals surface area contributed by atoms with Gasteiger partial charge < -0.3 is 9.64 Å². The topological polar surface area (TPSA) is 79.1 Å². The number of rotatable bonds is 24. The fraction of sp³-hybridized carbons (Fsp3) is 0.632. The molecule has 0 spiro atoms. The molecule has 0 amide bonds. The van der Waals surface area contributed by atoms with Gasteiger partial charge >= 0.3 is 6.01 Å². The number of aryl methyl sites for hydroxylation is 1. The van der Waals surface area contributed by atoms with Crippen molar-refractivity contribution in [2.24, 2.45) is 11.8 Å². The number of aromatic nitrogens is 2. The molecule has 0 aliphatic carbocycles. The van der Waals surface area contributed by atoms with E-state index in [1.807, 2.05) is 6.92 Å². The highest BCUT2D eigenvalue weighted by molar-refractivity contribution is 5.88. The molecule has 2 atom stereocenters. The molecule has 1 heterocycles. The molecule has 0 unspecified atom stereocenters. The van der Waals surface area contributed by atoms with E-state index in [0.717, 1.165) is 81.5 Å². The minimum Gasteiger partial charge on any atom is -0.463 e. The number of nitriles is 1. The average Bonchev–Trinajstić information content (AvgIpc) is 2.99. The maximum Gasteiger partial charge on any atom is 0.318 e. The Balaban J connectivity index is 3.37. The van der Waals surface area contributed by atoms with Crippen molar-refractivity contribution in [3.63, 3.8) is 0 Å². The van der Waals surface area contributed by atoms with E-state index >= 15 is 0 Å². The quantitative estimate of drug-likeness (QED) is 0.0664. The first kappa shape index (κ1) is 38.8. The Morgan fingerprint density at radius 1 is 1.07 bits per heavy atom. The van der Waals surface area contributed by atoms with Gasteiger partial charge in [-0.15, -0.1) is 0 Å². The van der Waals surface area contributed by atoms with Gasteiger partial charge in [0.25, 0.3) is 0 Å². The van der Waals surface area contributed by atoms with Crippen LogP contribution in [0.3, 0.4) is 0 Å². The molecule has 6 nitrogen and oxygen atoms in total. The van der Waals surface area contributed by atoms with Crippen LogP contribution < -0.4 is 9.64 Å². The highest BCUT2D eigenvalue weighted by Gasteiger charge is 2.22. The summed E-state index contributed by atoms with van der Waals surface area (Å²) in [6, 6.07) is 2.78. The van der Waals surface area contributed by atoms with Crippen LogP contribution >= 0.6 is 0 Å². The molecular weight excluding hydrogens is 544 g/mol. The molecule has 244 valence electrons. The first-order chi connectivity index (χ1) is 21.1. The zero-order valence-corrected chi connectivity index (χ0v) is 29.0. The fourth-order valence-corrected chi connectivity index (χ4v) is 5.46. The molecule has 0 aromatic carbocycles. The van der Waals surface area contributed by atoms with E-state index in [0.29, 0.717) is 31.4 Å². The number of nitrogens with zero attached hydrogens (tertiary/aromatic N) is 4. The summed E-state index contributed by atoms with van der Waals surface area (Å²) in [6.45, 7) is 24.7. The number of unbranched alkanes of at least 4 members (excludes halogenated alkanes) is 3. The number of anilines is 1. The number of ketones is 1. The van der Waals surface area contributed by atoms with Crippen molar-refractivity contribution >= 4 is 11.6 Å². The SMILES string of the molecule is C=CC(=O)CCCCN(C[C@@H](C)CC#N)c1nc(OC[C@@H](C)CCCC)nc(CC)c1CCCCC(=C/C)/C(C)=C\C(=C)C. The highest BCUT2D eigenvalue weighted by atomic mass is 16.5. The molecular formula is C38H60N4O2. The highest BCUT2D eigenvalue weighted by Crippen LogP contribution is 2.29. The van der Waals surface area contributed by atoms with Crippen molar-refractivity contribution in [2.75, 3.05) is 24.6 Å². The van der Waals surface area contributed by atoms with Crippen LogP contribution in [0.4, 0.5) is 5.82 Å². The molecule has 0 N–H and O–H groups in total. The Morgan fingerprint density at radius 2 is 1.80 bits per heavy atom. The van der Waals surface area contributed by atoms with Crippen molar-refractivity contribution in [1.29, 1.82) is 5.26 Å². The molecule has 0 bridgehead atoms. The number of allylic oxidation sites excluding steroid dienone is 6. The molecule has 0 saturated heterocycles. The summed E-state index contributed by atoms with van der Waals surface area (Å²) < 4.78 is 6.23. The van der Waals surface area contributed by atoms with E-state index in [1.165, 1.54) is 35.6 Å². The molecule has 0 radical (unpaired) electrons. The Bertz CT molecular complexity index is 1140. The van der Waals surface area contributed by atoms with Gasteiger partial charge in [0.05, 0.1) is 18.4 Å². The lowest BCUT2D eigenvalue weighted by atomic mass is 9.97. The number of hydrogen-bond donors (Lipinski definition) is 0. The third kappa shape index (κ3) is 15.0. The Morgan fingerprint density at radius 3 is 2.41 bits per heavy atom. The molecule has 6 heteroatoms. The van der Waals surface area contributed by atoms with Crippen LogP contribution in [-0.2, 0) is 17.6 Å². The Kier molecular flexibility index (Phi) is 19.7. The molecule has 0 aliphatic rings. The Hall–Kier alpha value is -3.20. The molecule has 1 aromatic heterocycles. The lowest BCUT2D eigenvalue weighted by Crippen LogP contribution is -2.32. The summed E-state index contributed by atoms with van der Waals surface area (Å²) in [5, 5.41) is 9.41. The van der Waals surface area contributed by atoms with Crippen LogP contribution in [0.25, 0.3) is 0 Å². The van der Waals surface area contributed by atoms with E-state index in [2.05, 4.69) is 77.8 Å². The lowest BCUT2D eigenvalue weighted by Gasteiger charge is -2.29. The van der Waals surface area contributed by atoms with Crippen LogP contribution in [0.2, 0.25) is 0 Å². The second-order valence-corrected chi connectivity index (χ2v) is 12.4. The van der Waals surface area contributed by atoms with Crippen LogP contribution in [0.1, 0.15) is 124 Å². The minimum atomic E-state index is 0.0760. The van der Waals surface area contributed by atoms with Crippen LogP contribution in [0, 0.1) is 23.2 Å². The molecule has 0 aliphatic heterocycles. The summed E-state index contributed by atoms with van der Waals surface area (Å²) in [6.07, 6.45) is 16.6. The standard InChI is InChI=1S/C38H60N4O2/c1-10-14-19-31(8)28-44-38-40-36(13-4)35(22-16-15-20-33(11-2)32(9)26-29(5)6)37(41-38)42(27-30(7)23-24-39)25-18-17-21-34(43)12-3/h11-12,26,30-31H,3,5,10,13-23,25,27-28H2,1-2,4,6-9H3/b32-26-,33-11-/t30-,31-/m0/s1. The summed E-state index contributed by atoms with van der Waals surface area (Å²) in [4.78, 5) is 24.2. The van der Waals surface area contributed by atoms with Gasteiger partial charge in [-0.2, -0.15) is 15.2 Å². The van der Waals surface area contributed by atoms with Crippen LogP contribution in [-0.4, -0.2) is 35.4 Å². The number of carbonyl (C=O) groups is 1. The second kappa shape index (κ2) is 22.3. The predicted molar refractivity (Wildman–Crippen MR) is 186 cm³/mol. The normalized spacial score (nSPS) is 13.2. The zero-order chi connectivity index (χ0) is 32.9. The van der Waals surface area contributed by atoms with Crippen molar-refractivity contribution < 1.29 is 9.53 Å². The summed E-state index contributed by atoms with van der Waals surface area (Å²) in [7, 11) is 0. The number of ether oxygens (including phenoxy) is 1. The van der Waals surface area contributed by atoms with Gasteiger partial charge in [-0.05, 0) is 101 Å². The van der Waals surface area contributed by atoms with Crippen LogP contribution in [0.15, 0.2) is 48.1 Å². The van der Waals surface area contributed by atoms with Gasteiger partial charge in [0, 0.05) is 31.5 Å². The van der Waals surface area contributed by atoms with Gasteiger partial charge in [-0.1, -0.05) is 71.4 Å². The molecule has 1 rings (SSSR count). The first-order valence-corrected chi connectivity index (χ1v) is 16.9. The summed E-state index contributed by atoms with van der Waals surface area (Å²) >= 11 is 0. The third-order valence-electron chi connectivity index (χ3n) is 7.97. The Labute approximate surface area is 269 Å². The molecule has 0 fully saturated rings. The minimum absolute atomic E-state index is 0.0760. The van der Waals surface area contributed by atoms with E-state index in [1.54, 1.807) is 0 Å². The molecule has 1 aromatic rings.